The van der Waals surface area contributed by atoms with E-state index in [1.807, 2.05) is 24.3 Å². The van der Waals surface area contributed by atoms with Crippen LogP contribution >= 0.6 is 23.1 Å². The van der Waals surface area contributed by atoms with Crippen molar-refractivity contribution in [2.24, 2.45) is 5.73 Å². The molecule has 0 radical (unpaired) electrons. The first-order valence-electron chi connectivity index (χ1n) is 5.98. The molecule has 2 atom stereocenters. The maximum atomic E-state index is 12.6. The summed E-state index contributed by atoms with van der Waals surface area (Å²) in [5.41, 5.74) is 7.33. The molecule has 2 N–H and O–H groups in total. The molecule has 0 fully saturated rings. The van der Waals surface area contributed by atoms with E-state index in [-0.39, 0.29) is 5.25 Å². The molecule has 106 valence electrons. The quantitative estimate of drug-likeness (QED) is 0.914. The summed E-state index contributed by atoms with van der Waals surface area (Å²) in [4.78, 5) is 5.08. The minimum atomic E-state index is -4.39. The van der Waals surface area contributed by atoms with Crippen molar-refractivity contribution < 1.29 is 13.2 Å². The van der Waals surface area contributed by atoms with E-state index >= 15 is 0 Å². The molecular weight excluding hydrogens is 305 g/mol. The second-order valence-electron chi connectivity index (χ2n) is 4.56. The van der Waals surface area contributed by atoms with Gasteiger partial charge in [-0.2, -0.15) is 13.2 Å². The lowest BCUT2D eigenvalue weighted by Crippen LogP contribution is -2.22. The van der Waals surface area contributed by atoms with E-state index in [0.29, 0.717) is 16.2 Å². The molecule has 0 saturated carbocycles. The Morgan fingerprint density at radius 2 is 2.05 bits per heavy atom. The van der Waals surface area contributed by atoms with Gasteiger partial charge < -0.3 is 5.73 Å². The minimum absolute atomic E-state index is 0.0638. The topological polar surface area (TPSA) is 38.9 Å². The van der Waals surface area contributed by atoms with E-state index in [1.165, 1.54) is 11.8 Å². The zero-order chi connectivity index (χ0) is 14.3. The maximum Gasteiger partial charge on any atom is 0.443 e. The average Bonchev–Trinajstić information content (AvgIpc) is 3.04. The summed E-state index contributed by atoms with van der Waals surface area (Å²) in [5, 5.41) is -0.766. The third-order valence-electron chi connectivity index (χ3n) is 3.17. The molecule has 2 aromatic rings. The number of nitrogens with zero attached hydrogens (tertiary/aromatic N) is 1. The van der Waals surface area contributed by atoms with Crippen LogP contribution in [0.2, 0.25) is 0 Å². The molecule has 20 heavy (non-hydrogen) atoms. The molecule has 0 saturated heterocycles. The number of thioether (sulfide) groups is 1. The van der Waals surface area contributed by atoms with Gasteiger partial charge in [-0.15, -0.1) is 23.1 Å². The number of hydrogen-bond donors (Lipinski definition) is 1. The van der Waals surface area contributed by atoms with Crippen LogP contribution in [-0.4, -0.2) is 10.2 Å². The molecule has 0 amide bonds. The van der Waals surface area contributed by atoms with Gasteiger partial charge in [0, 0.05) is 21.2 Å². The summed E-state index contributed by atoms with van der Waals surface area (Å²) in [7, 11) is 0. The second-order valence-corrected chi connectivity index (χ2v) is 6.90. The fraction of sp³-hybridized carbons (Fsp3) is 0.308. The molecule has 3 rings (SSSR count). The molecule has 1 aromatic heterocycles. The molecular formula is C13H11F3N2S2. The number of alkyl halides is 3. The van der Waals surface area contributed by atoms with Gasteiger partial charge in [0.25, 0.3) is 0 Å². The van der Waals surface area contributed by atoms with E-state index in [9.17, 15) is 13.2 Å². The van der Waals surface area contributed by atoms with Crippen LogP contribution in [0.25, 0.3) is 0 Å². The van der Waals surface area contributed by atoms with Crippen LogP contribution in [0.15, 0.2) is 35.4 Å². The number of aromatic nitrogens is 1. The first kappa shape index (κ1) is 13.9. The Balaban J connectivity index is 1.78. The van der Waals surface area contributed by atoms with Gasteiger partial charge in [-0.1, -0.05) is 18.2 Å². The summed E-state index contributed by atoms with van der Waals surface area (Å²) >= 11 is 2.27. The summed E-state index contributed by atoms with van der Waals surface area (Å²) in [5.74, 6) is 0. The molecule has 0 bridgehead atoms. The highest BCUT2D eigenvalue weighted by atomic mass is 32.2. The summed E-state index contributed by atoms with van der Waals surface area (Å²) in [6.07, 6.45) is -2.36. The highest BCUT2D eigenvalue weighted by Crippen LogP contribution is 2.43. The fourth-order valence-corrected chi connectivity index (χ4v) is 4.44. The Hall–Kier alpha value is -1.05. The Labute approximate surface area is 122 Å². The average molecular weight is 316 g/mol. The monoisotopic (exact) mass is 316 g/mol. The van der Waals surface area contributed by atoms with Gasteiger partial charge in [-0.25, -0.2) is 4.98 Å². The van der Waals surface area contributed by atoms with Crippen molar-refractivity contribution in [3.8, 4) is 0 Å². The first-order valence-corrected chi connectivity index (χ1v) is 7.68. The van der Waals surface area contributed by atoms with Crippen LogP contribution in [0, 0.1) is 0 Å². The second kappa shape index (κ2) is 5.05. The molecule has 0 spiro atoms. The number of hydrogen-bond acceptors (Lipinski definition) is 4. The summed E-state index contributed by atoms with van der Waals surface area (Å²) < 4.78 is 37.7. The van der Waals surface area contributed by atoms with Crippen molar-refractivity contribution in [1.82, 2.24) is 4.98 Å². The normalized spacial score (nSPS) is 19.9. The SMILES string of the molecule is NC(c1cnc(C(F)(F)F)s1)C1Cc2ccccc2S1. The zero-order valence-electron chi connectivity index (χ0n) is 10.2. The van der Waals surface area contributed by atoms with Crippen LogP contribution in [0.1, 0.15) is 21.5 Å². The van der Waals surface area contributed by atoms with Gasteiger partial charge in [0.1, 0.15) is 0 Å². The Bertz CT molecular complexity index is 599. The van der Waals surface area contributed by atoms with Crippen LogP contribution in [-0.2, 0) is 12.6 Å². The predicted octanol–water partition coefficient (Wildman–Crippen LogP) is 3.88. The summed E-state index contributed by atoms with van der Waals surface area (Å²) in [6, 6.07) is 7.53. The summed E-state index contributed by atoms with van der Waals surface area (Å²) in [6.45, 7) is 0. The lowest BCUT2D eigenvalue weighted by atomic mass is 10.1. The van der Waals surface area contributed by atoms with Crippen LogP contribution in [0.5, 0.6) is 0 Å². The van der Waals surface area contributed by atoms with Crippen molar-refractivity contribution in [3.63, 3.8) is 0 Å². The largest absolute Gasteiger partial charge is 0.443 e. The number of fused-ring (bicyclic) bond motifs is 1. The molecule has 2 unspecified atom stereocenters. The number of thiazole rings is 1. The number of nitrogens with two attached hydrogens (primary N) is 1. The smallest absolute Gasteiger partial charge is 0.322 e. The highest BCUT2D eigenvalue weighted by Gasteiger charge is 2.36. The number of halogens is 3. The first-order chi connectivity index (χ1) is 9.45. The van der Waals surface area contributed by atoms with Gasteiger partial charge in [-0.05, 0) is 18.1 Å². The van der Waals surface area contributed by atoms with Crippen molar-refractivity contribution in [1.29, 1.82) is 0 Å². The lowest BCUT2D eigenvalue weighted by molar-refractivity contribution is -0.137. The third-order valence-corrected chi connectivity index (χ3v) is 5.73. The zero-order valence-corrected chi connectivity index (χ0v) is 11.9. The van der Waals surface area contributed by atoms with Gasteiger partial charge in [-0.3, -0.25) is 0 Å². The van der Waals surface area contributed by atoms with Crippen molar-refractivity contribution >= 4 is 23.1 Å². The van der Waals surface area contributed by atoms with Gasteiger partial charge in [0.2, 0.25) is 0 Å². The Morgan fingerprint density at radius 1 is 1.30 bits per heavy atom. The van der Waals surface area contributed by atoms with Crippen LogP contribution < -0.4 is 5.73 Å². The van der Waals surface area contributed by atoms with Crippen molar-refractivity contribution in [2.75, 3.05) is 0 Å². The molecule has 2 nitrogen and oxygen atoms in total. The Morgan fingerprint density at radius 3 is 2.70 bits per heavy atom. The van der Waals surface area contributed by atoms with E-state index < -0.39 is 17.2 Å². The molecule has 1 aromatic carbocycles. The lowest BCUT2D eigenvalue weighted by Gasteiger charge is -2.16. The molecule has 7 heteroatoms. The van der Waals surface area contributed by atoms with Crippen molar-refractivity contribution in [2.45, 2.75) is 28.8 Å². The van der Waals surface area contributed by atoms with Crippen LogP contribution in [0.4, 0.5) is 13.2 Å². The number of rotatable bonds is 2. The molecule has 2 heterocycles. The van der Waals surface area contributed by atoms with Gasteiger partial charge in [0.15, 0.2) is 5.01 Å². The predicted molar refractivity (Wildman–Crippen MR) is 73.8 cm³/mol. The maximum absolute atomic E-state index is 12.6. The third kappa shape index (κ3) is 2.57. The molecule has 0 aliphatic carbocycles. The van der Waals surface area contributed by atoms with E-state index in [2.05, 4.69) is 4.98 Å². The minimum Gasteiger partial charge on any atom is -0.322 e. The van der Waals surface area contributed by atoms with Crippen molar-refractivity contribution in [3.05, 3.63) is 45.9 Å². The highest BCUT2D eigenvalue weighted by molar-refractivity contribution is 8.00. The van der Waals surface area contributed by atoms with E-state index in [0.717, 1.165) is 11.3 Å². The number of benzene rings is 1. The van der Waals surface area contributed by atoms with Crippen LogP contribution in [0.3, 0.4) is 0 Å². The van der Waals surface area contributed by atoms with E-state index in [4.69, 9.17) is 5.73 Å². The van der Waals surface area contributed by atoms with Gasteiger partial charge in [0.05, 0.1) is 6.04 Å². The fourth-order valence-electron chi connectivity index (χ4n) is 2.16. The Kier molecular flexibility index (Phi) is 3.51. The molecule has 1 aliphatic heterocycles. The standard InChI is InChI=1S/C13H11F3N2S2/c14-13(15,16)12-18-6-10(20-12)11(17)9-5-7-3-1-2-4-8(7)19-9/h1-4,6,9,11H,5,17H2. The van der Waals surface area contributed by atoms with E-state index in [1.54, 1.807) is 11.8 Å². The molecule has 1 aliphatic rings. The van der Waals surface area contributed by atoms with Gasteiger partial charge >= 0.3 is 6.18 Å².